The molecule has 1 amide bonds. The second kappa shape index (κ2) is 6.42. The van der Waals surface area contributed by atoms with Gasteiger partial charge in [-0.15, -0.1) is 11.3 Å². The molecule has 0 bridgehead atoms. The highest BCUT2D eigenvalue weighted by Gasteiger charge is 2.39. The molecule has 0 unspecified atom stereocenters. The number of amides is 1. The van der Waals surface area contributed by atoms with Gasteiger partial charge >= 0.3 is 0 Å². The van der Waals surface area contributed by atoms with Crippen molar-refractivity contribution in [1.82, 2.24) is 15.2 Å². The Morgan fingerprint density at radius 1 is 1.48 bits per heavy atom. The molecular weight excluding hydrogens is 284 g/mol. The summed E-state index contributed by atoms with van der Waals surface area (Å²) in [6.45, 7) is 5.68. The maximum absolute atomic E-state index is 11.1. The van der Waals surface area contributed by atoms with Crippen LogP contribution in [0.15, 0.2) is 5.38 Å². The summed E-state index contributed by atoms with van der Waals surface area (Å²) in [5.74, 6) is -0.0539. The lowest BCUT2D eigenvalue weighted by Gasteiger charge is -2.49. The lowest BCUT2D eigenvalue weighted by Crippen LogP contribution is -2.61. The Bertz CT molecular complexity index is 487. The molecule has 1 spiro atoms. The predicted octanol–water partition coefficient (Wildman–Crippen LogP) is 2.21. The number of hydrogen-bond donors (Lipinski definition) is 2. The van der Waals surface area contributed by atoms with Crippen LogP contribution < -0.4 is 10.6 Å². The second-order valence-electron chi connectivity index (χ2n) is 6.21. The second-order valence-corrected chi connectivity index (χ2v) is 7.07. The van der Waals surface area contributed by atoms with Crippen LogP contribution in [0.1, 0.15) is 44.7 Å². The number of carbonyl (C=O) groups is 1. The molecule has 1 aromatic heterocycles. The Hall–Kier alpha value is -0.980. The maximum Gasteiger partial charge on any atom is 0.223 e. The number of thiazole rings is 1. The molecule has 2 heterocycles. The molecule has 3 rings (SSSR count). The van der Waals surface area contributed by atoms with E-state index in [2.05, 4.69) is 25.9 Å². The van der Waals surface area contributed by atoms with Gasteiger partial charge in [-0.1, -0.05) is 19.3 Å². The molecule has 116 valence electrons. The van der Waals surface area contributed by atoms with Crippen molar-refractivity contribution in [2.45, 2.75) is 51.1 Å². The van der Waals surface area contributed by atoms with Gasteiger partial charge < -0.3 is 10.6 Å². The topological polar surface area (TPSA) is 57.3 Å². The summed E-state index contributed by atoms with van der Waals surface area (Å²) in [6, 6.07) is 0. The fourth-order valence-electron chi connectivity index (χ4n) is 3.62. The quantitative estimate of drug-likeness (QED) is 0.899. The van der Waals surface area contributed by atoms with Crippen molar-refractivity contribution < 1.29 is 4.79 Å². The molecule has 0 atom stereocenters. The van der Waals surface area contributed by atoms with E-state index in [4.69, 9.17) is 0 Å². The Labute approximate surface area is 130 Å². The number of hydrogen-bond acceptors (Lipinski definition) is 5. The number of aromatic nitrogens is 1. The number of carbonyl (C=O) groups excluding carboxylic acids is 1. The molecule has 1 aliphatic carbocycles. The van der Waals surface area contributed by atoms with Gasteiger partial charge in [0.1, 0.15) is 0 Å². The van der Waals surface area contributed by atoms with Crippen LogP contribution in [0.2, 0.25) is 0 Å². The SMILES string of the molecule is CC(=O)Nc1nc(CN2CCNCC23CCCCC3)cs1. The first kappa shape index (κ1) is 14.9. The highest BCUT2D eigenvalue weighted by atomic mass is 32.1. The zero-order valence-electron chi connectivity index (χ0n) is 12.7. The molecule has 1 saturated heterocycles. The summed E-state index contributed by atoms with van der Waals surface area (Å²) in [5, 5.41) is 9.13. The van der Waals surface area contributed by atoms with Gasteiger partial charge in [-0.05, 0) is 12.8 Å². The van der Waals surface area contributed by atoms with Crippen molar-refractivity contribution in [2.75, 3.05) is 25.0 Å². The molecular formula is C15H24N4OS. The maximum atomic E-state index is 11.1. The number of nitrogens with one attached hydrogen (secondary N) is 2. The average molecular weight is 308 g/mol. The van der Waals surface area contributed by atoms with Crippen molar-refractivity contribution in [3.05, 3.63) is 11.1 Å². The van der Waals surface area contributed by atoms with Crippen molar-refractivity contribution >= 4 is 22.4 Å². The van der Waals surface area contributed by atoms with Gasteiger partial charge in [-0.2, -0.15) is 0 Å². The summed E-state index contributed by atoms with van der Waals surface area (Å²) >= 11 is 1.52. The Morgan fingerprint density at radius 3 is 3.05 bits per heavy atom. The van der Waals surface area contributed by atoms with Gasteiger partial charge in [-0.3, -0.25) is 9.69 Å². The van der Waals surface area contributed by atoms with E-state index >= 15 is 0 Å². The molecule has 2 aliphatic rings. The average Bonchev–Trinajstić information content (AvgIpc) is 2.89. The van der Waals surface area contributed by atoms with E-state index in [1.165, 1.54) is 50.4 Å². The van der Waals surface area contributed by atoms with Crippen molar-refractivity contribution in [3.63, 3.8) is 0 Å². The van der Waals surface area contributed by atoms with Gasteiger partial charge in [0.2, 0.25) is 5.91 Å². The van der Waals surface area contributed by atoms with Gasteiger partial charge in [0.25, 0.3) is 0 Å². The third-order valence-corrected chi connectivity index (χ3v) is 5.46. The summed E-state index contributed by atoms with van der Waals surface area (Å²) < 4.78 is 0. The molecule has 1 aromatic rings. The lowest BCUT2D eigenvalue weighted by atomic mass is 9.79. The van der Waals surface area contributed by atoms with Gasteiger partial charge in [0.15, 0.2) is 5.13 Å². The molecule has 1 aliphatic heterocycles. The molecule has 5 nitrogen and oxygen atoms in total. The fraction of sp³-hybridized carbons (Fsp3) is 0.733. The number of rotatable bonds is 3. The molecule has 0 aromatic carbocycles. The largest absolute Gasteiger partial charge is 0.314 e. The summed E-state index contributed by atoms with van der Waals surface area (Å²) in [4.78, 5) is 18.3. The number of piperazine rings is 1. The van der Waals surface area contributed by atoms with E-state index in [0.717, 1.165) is 31.9 Å². The van der Waals surface area contributed by atoms with Crippen LogP contribution in [-0.4, -0.2) is 41.0 Å². The van der Waals surface area contributed by atoms with E-state index in [0.29, 0.717) is 10.7 Å². The van der Waals surface area contributed by atoms with E-state index < -0.39 is 0 Å². The highest BCUT2D eigenvalue weighted by Crippen LogP contribution is 2.35. The Kier molecular flexibility index (Phi) is 4.57. The van der Waals surface area contributed by atoms with Crippen LogP contribution >= 0.6 is 11.3 Å². The first-order valence-electron chi connectivity index (χ1n) is 7.86. The highest BCUT2D eigenvalue weighted by molar-refractivity contribution is 7.13. The standard InChI is InChI=1S/C15H24N4OS/c1-12(20)17-14-18-13(10-21-14)9-19-8-7-16-11-15(19)5-3-2-4-6-15/h10,16H,2-9,11H2,1H3,(H,17,18,20). The van der Waals surface area contributed by atoms with Crippen LogP contribution in [0.25, 0.3) is 0 Å². The summed E-state index contributed by atoms with van der Waals surface area (Å²) in [6.07, 6.45) is 6.64. The minimum absolute atomic E-state index is 0.0539. The first-order chi connectivity index (χ1) is 10.2. The minimum Gasteiger partial charge on any atom is -0.314 e. The van der Waals surface area contributed by atoms with Crippen LogP contribution in [0.5, 0.6) is 0 Å². The Balaban J connectivity index is 1.69. The van der Waals surface area contributed by atoms with E-state index in [1.54, 1.807) is 0 Å². The van der Waals surface area contributed by atoms with E-state index in [1.807, 2.05) is 0 Å². The van der Waals surface area contributed by atoms with Crippen molar-refractivity contribution in [2.24, 2.45) is 0 Å². The van der Waals surface area contributed by atoms with E-state index in [-0.39, 0.29) is 5.91 Å². The molecule has 0 radical (unpaired) electrons. The normalized spacial score (nSPS) is 22.3. The van der Waals surface area contributed by atoms with Crippen LogP contribution in [0.4, 0.5) is 5.13 Å². The zero-order valence-corrected chi connectivity index (χ0v) is 13.5. The minimum atomic E-state index is -0.0539. The van der Waals surface area contributed by atoms with Crippen LogP contribution in [-0.2, 0) is 11.3 Å². The molecule has 6 heteroatoms. The number of anilines is 1. The molecule has 2 fully saturated rings. The van der Waals surface area contributed by atoms with Crippen molar-refractivity contribution in [3.8, 4) is 0 Å². The molecule has 1 saturated carbocycles. The molecule has 21 heavy (non-hydrogen) atoms. The first-order valence-corrected chi connectivity index (χ1v) is 8.74. The third-order valence-electron chi connectivity index (χ3n) is 4.66. The third kappa shape index (κ3) is 3.44. The zero-order chi connectivity index (χ0) is 14.7. The van der Waals surface area contributed by atoms with Crippen LogP contribution in [0, 0.1) is 0 Å². The monoisotopic (exact) mass is 308 g/mol. The molecule has 2 N–H and O–H groups in total. The lowest BCUT2D eigenvalue weighted by molar-refractivity contribution is -0.114. The van der Waals surface area contributed by atoms with Crippen molar-refractivity contribution in [1.29, 1.82) is 0 Å². The number of nitrogens with zero attached hydrogens (tertiary/aromatic N) is 2. The van der Waals surface area contributed by atoms with Gasteiger partial charge in [0, 0.05) is 44.0 Å². The van der Waals surface area contributed by atoms with Gasteiger partial charge in [-0.25, -0.2) is 4.98 Å². The van der Waals surface area contributed by atoms with Crippen LogP contribution in [0.3, 0.4) is 0 Å². The van der Waals surface area contributed by atoms with E-state index in [9.17, 15) is 4.79 Å². The summed E-state index contributed by atoms with van der Waals surface area (Å²) in [5.41, 5.74) is 1.41. The Morgan fingerprint density at radius 2 is 2.29 bits per heavy atom. The predicted molar refractivity (Wildman–Crippen MR) is 85.5 cm³/mol. The fourth-order valence-corrected chi connectivity index (χ4v) is 4.36. The smallest absolute Gasteiger partial charge is 0.223 e. The van der Waals surface area contributed by atoms with Gasteiger partial charge in [0.05, 0.1) is 5.69 Å². The summed E-state index contributed by atoms with van der Waals surface area (Å²) in [7, 11) is 0.